The van der Waals surface area contributed by atoms with E-state index >= 15 is 0 Å². The highest BCUT2D eigenvalue weighted by atomic mass is 16.5. The lowest BCUT2D eigenvalue weighted by atomic mass is 10.1. The molecule has 4 rings (SSSR count). The number of carbonyl (C=O) groups excluding carboxylic acids is 1. The molecule has 1 aliphatic rings. The summed E-state index contributed by atoms with van der Waals surface area (Å²) in [5, 5.41) is 9.72. The fraction of sp³-hybridized carbons (Fsp3) is 0.280. The molecule has 0 atom stereocenters. The average Bonchev–Trinajstić information content (AvgIpc) is 2.81. The minimum absolute atomic E-state index is 0.0382. The molecule has 3 aromatic rings. The molecule has 3 heterocycles. The molecule has 0 unspecified atom stereocenters. The van der Waals surface area contributed by atoms with E-state index in [-0.39, 0.29) is 17.0 Å². The van der Waals surface area contributed by atoms with E-state index in [0.29, 0.717) is 37.7 Å². The third-order valence-electron chi connectivity index (χ3n) is 5.52. The molecule has 1 aromatic carbocycles. The number of pyridine rings is 1. The van der Waals surface area contributed by atoms with Crippen LogP contribution in [-0.2, 0) is 9.53 Å². The number of ether oxygens (including phenoxy) is 2. The fourth-order valence-electron chi connectivity index (χ4n) is 3.73. The molecule has 0 spiro atoms. The van der Waals surface area contributed by atoms with Crippen molar-refractivity contribution in [3.05, 3.63) is 74.7 Å². The molecule has 33 heavy (non-hydrogen) atoms. The Labute approximate surface area is 191 Å². The maximum absolute atomic E-state index is 13.4. The van der Waals surface area contributed by atoms with Crippen molar-refractivity contribution in [2.24, 2.45) is 0 Å². The maximum Gasteiger partial charge on any atom is 0.269 e. The number of aromatic nitrogens is 2. The number of nitriles is 1. The zero-order valence-electron chi connectivity index (χ0n) is 18.8. The van der Waals surface area contributed by atoms with Crippen LogP contribution < -0.4 is 10.3 Å². The van der Waals surface area contributed by atoms with Gasteiger partial charge in [0.25, 0.3) is 11.5 Å². The first-order valence-electron chi connectivity index (χ1n) is 10.6. The average molecular weight is 444 g/mol. The van der Waals surface area contributed by atoms with Gasteiger partial charge in [-0.2, -0.15) is 10.2 Å². The first kappa shape index (κ1) is 22.2. The number of amides is 1. The van der Waals surface area contributed by atoms with Crippen molar-refractivity contribution >= 4 is 17.6 Å². The van der Waals surface area contributed by atoms with Gasteiger partial charge in [-0.1, -0.05) is 23.8 Å². The van der Waals surface area contributed by atoms with Crippen LogP contribution in [0.1, 0.15) is 22.3 Å². The van der Waals surface area contributed by atoms with Crippen LogP contribution in [0.4, 0.5) is 0 Å². The molecule has 168 valence electrons. The van der Waals surface area contributed by atoms with Crippen molar-refractivity contribution in [3.8, 4) is 17.7 Å². The second-order valence-electron chi connectivity index (χ2n) is 7.97. The lowest BCUT2D eigenvalue weighted by molar-refractivity contribution is -0.130. The van der Waals surface area contributed by atoms with Crippen molar-refractivity contribution in [3.63, 3.8) is 0 Å². The second kappa shape index (κ2) is 9.27. The quantitative estimate of drug-likeness (QED) is 0.453. The Kier molecular flexibility index (Phi) is 6.24. The number of hydrogen-bond acceptors (Lipinski definition) is 6. The fourth-order valence-corrected chi connectivity index (χ4v) is 3.73. The standard InChI is InChI=1S/C25H24N4O4/c1-16-6-7-21(18(3)13-16)33-23-20(25(31)29-8-4-5-17(2)22(29)27-23)14-19(15-26)24(30)28-9-11-32-12-10-28/h4-8,13-14H,9-12H2,1-3H3. The number of carbonyl (C=O) groups is 1. The van der Waals surface area contributed by atoms with E-state index in [2.05, 4.69) is 4.98 Å². The lowest BCUT2D eigenvalue weighted by Crippen LogP contribution is -2.41. The van der Waals surface area contributed by atoms with Crippen LogP contribution in [0.5, 0.6) is 11.6 Å². The molecule has 8 heteroatoms. The summed E-state index contributed by atoms with van der Waals surface area (Å²) in [6.45, 7) is 7.32. The van der Waals surface area contributed by atoms with Gasteiger partial charge in [-0.25, -0.2) is 0 Å². The maximum atomic E-state index is 13.4. The van der Waals surface area contributed by atoms with Gasteiger partial charge in [0.05, 0.1) is 13.2 Å². The molecular formula is C25H24N4O4. The van der Waals surface area contributed by atoms with Gasteiger partial charge in [0.1, 0.15) is 28.6 Å². The summed E-state index contributed by atoms with van der Waals surface area (Å²) in [4.78, 5) is 32.5. The van der Waals surface area contributed by atoms with E-state index in [1.165, 1.54) is 10.5 Å². The van der Waals surface area contributed by atoms with Crippen LogP contribution in [0.2, 0.25) is 0 Å². The summed E-state index contributed by atoms with van der Waals surface area (Å²) in [6.07, 6.45) is 2.88. The Hall–Kier alpha value is -3.96. The topological polar surface area (TPSA) is 96.9 Å². The van der Waals surface area contributed by atoms with Crippen molar-refractivity contribution in [2.45, 2.75) is 20.8 Å². The van der Waals surface area contributed by atoms with Crippen LogP contribution in [0, 0.1) is 32.1 Å². The number of nitrogens with zero attached hydrogens (tertiary/aromatic N) is 4. The summed E-state index contributed by atoms with van der Waals surface area (Å²) in [5.41, 5.74) is 2.64. The highest BCUT2D eigenvalue weighted by molar-refractivity contribution is 6.02. The summed E-state index contributed by atoms with van der Waals surface area (Å²) in [6, 6.07) is 11.2. The number of aryl methyl sites for hydroxylation is 3. The van der Waals surface area contributed by atoms with E-state index in [4.69, 9.17) is 9.47 Å². The van der Waals surface area contributed by atoms with Crippen molar-refractivity contribution in [1.82, 2.24) is 14.3 Å². The number of hydrogen-bond donors (Lipinski definition) is 0. The Morgan fingerprint density at radius 1 is 1.18 bits per heavy atom. The Morgan fingerprint density at radius 3 is 2.64 bits per heavy atom. The molecule has 0 N–H and O–H groups in total. The zero-order valence-corrected chi connectivity index (χ0v) is 18.8. The molecule has 0 saturated carbocycles. The monoisotopic (exact) mass is 444 g/mol. The second-order valence-corrected chi connectivity index (χ2v) is 7.97. The number of rotatable bonds is 4. The highest BCUT2D eigenvalue weighted by Gasteiger charge is 2.23. The summed E-state index contributed by atoms with van der Waals surface area (Å²) in [5.74, 6) is 0.133. The van der Waals surface area contributed by atoms with E-state index in [1.807, 2.05) is 51.1 Å². The van der Waals surface area contributed by atoms with Crippen LogP contribution >= 0.6 is 0 Å². The summed E-state index contributed by atoms with van der Waals surface area (Å²) >= 11 is 0. The van der Waals surface area contributed by atoms with Crippen molar-refractivity contribution in [2.75, 3.05) is 26.3 Å². The van der Waals surface area contributed by atoms with Gasteiger partial charge in [-0.15, -0.1) is 0 Å². The third kappa shape index (κ3) is 4.49. The molecule has 1 fully saturated rings. The smallest absolute Gasteiger partial charge is 0.269 e. The molecule has 0 aliphatic carbocycles. The molecule has 0 radical (unpaired) electrons. The molecule has 1 amide bonds. The Balaban J connectivity index is 1.88. The normalized spacial score (nSPS) is 14.2. The van der Waals surface area contributed by atoms with Gasteiger partial charge in [0.15, 0.2) is 0 Å². The molecule has 0 bridgehead atoms. The minimum Gasteiger partial charge on any atom is -0.438 e. The molecule has 1 aliphatic heterocycles. The van der Waals surface area contributed by atoms with E-state index in [1.54, 1.807) is 17.2 Å². The largest absolute Gasteiger partial charge is 0.438 e. The van der Waals surface area contributed by atoms with Crippen LogP contribution in [0.15, 0.2) is 46.9 Å². The Bertz CT molecular complexity index is 1360. The summed E-state index contributed by atoms with van der Waals surface area (Å²) < 4.78 is 12.8. The van der Waals surface area contributed by atoms with E-state index in [9.17, 15) is 14.9 Å². The Morgan fingerprint density at radius 2 is 1.94 bits per heavy atom. The van der Waals surface area contributed by atoms with Crippen LogP contribution in [-0.4, -0.2) is 46.5 Å². The number of fused-ring (bicyclic) bond motifs is 1. The summed E-state index contributed by atoms with van der Waals surface area (Å²) in [7, 11) is 0. The number of morpholine rings is 1. The predicted molar refractivity (Wildman–Crippen MR) is 123 cm³/mol. The molecular weight excluding hydrogens is 420 g/mol. The minimum atomic E-state index is -0.452. The zero-order chi connectivity index (χ0) is 23.5. The van der Waals surface area contributed by atoms with Gasteiger partial charge in [-0.3, -0.25) is 14.0 Å². The lowest BCUT2D eigenvalue weighted by Gasteiger charge is -2.26. The van der Waals surface area contributed by atoms with Crippen LogP contribution in [0.3, 0.4) is 0 Å². The van der Waals surface area contributed by atoms with Crippen LogP contribution in [0.25, 0.3) is 11.7 Å². The third-order valence-corrected chi connectivity index (χ3v) is 5.52. The van der Waals surface area contributed by atoms with Gasteiger partial charge in [0.2, 0.25) is 5.88 Å². The van der Waals surface area contributed by atoms with Crippen molar-refractivity contribution < 1.29 is 14.3 Å². The SMILES string of the molecule is Cc1ccc(Oc2nc3c(C)cccn3c(=O)c2C=C(C#N)C(=O)N2CCOCC2)c(C)c1. The van der Waals surface area contributed by atoms with Gasteiger partial charge in [-0.05, 0) is 50.1 Å². The molecule has 2 aromatic heterocycles. The van der Waals surface area contributed by atoms with Crippen molar-refractivity contribution in [1.29, 1.82) is 5.26 Å². The first-order valence-corrected chi connectivity index (χ1v) is 10.6. The predicted octanol–water partition coefficient (Wildman–Crippen LogP) is 3.18. The first-order chi connectivity index (χ1) is 15.9. The van der Waals surface area contributed by atoms with Gasteiger partial charge >= 0.3 is 0 Å². The van der Waals surface area contributed by atoms with Gasteiger partial charge in [0, 0.05) is 19.3 Å². The van der Waals surface area contributed by atoms with E-state index in [0.717, 1.165) is 16.7 Å². The number of benzene rings is 1. The molecule has 8 nitrogen and oxygen atoms in total. The van der Waals surface area contributed by atoms with E-state index < -0.39 is 11.5 Å². The van der Waals surface area contributed by atoms with Gasteiger partial charge < -0.3 is 14.4 Å². The molecule has 1 saturated heterocycles. The highest BCUT2D eigenvalue weighted by Crippen LogP contribution is 2.28.